The molecule has 2 heterocycles. The average molecular weight is 407 g/mol. The molecule has 0 radical (unpaired) electrons. The Labute approximate surface area is 165 Å². The van der Waals surface area contributed by atoms with E-state index in [0.29, 0.717) is 27.4 Å². The highest BCUT2D eigenvalue weighted by Gasteiger charge is 2.29. The van der Waals surface area contributed by atoms with Gasteiger partial charge in [0.1, 0.15) is 5.15 Å². The third-order valence-corrected chi connectivity index (χ3v) is 5.19. The number of aromatic nitrogens is 5. The van der Waals surface area contributed by atoms with E-state index in [2.05, 4.69) is 20.4 Å². The fourth-order valence-corrected chi connectivity index (χ4v) is 3.31. The van der Waals surface area contributed by atoms with Gasteiger partial charge in [0.05, 0.1) is 24.0 Å². The van der Waals surface area contributed by atoms with E-state index < -0.39 is 0 Å². The molecule has 1 aromatic carbocycles. The summed E-state index contributed by atoms with van der Waals surface area (Å²) in [4.78, 5) is 0. The standard InChI is InChI=1S/C17H16Cl2N6S/c1-10-14(8-20-25-16(12-4-5-12)21-22-17(25)26)15(19)24(23-10)9-11-2-6-13(18)7-3-11/h2-3,6-8,12H,4-5,9H2,1H3,(H,22,26)/b20-8+. The second-order valence-electron chi connectivity index (χ2n) is 6.29. The van der Waals surface area contributed by atoms with Crippen LogP contribution < -0.4 is 0 Å². The van der Waals surface area contributed by atoms with E-state index in [1.807, 2.05) is 31.2 Å². The zero-order valence-corrected chi connectivity index (χ0v) is 16.3. The van der Waals surface area contributed by atoms with Crippen molar-refractivity contribution in [1.29, 1.82) is 0 Å². The van der Waals surface area contributed by atoms with E-state index >= 15 is 0 Å². The summed E-state index contributed by atoms with van der Waals surface area (Å²) in [6.45, 7) is 2.46. The number of rotatable bonds is 5. The van der Waals surface area contributed by atoms with Gasteiger partial charge in [0.25, 0.3) is 0 Å². The van der Waals surface area contributed by atoms with Crippen LogP contribution in [0.25, 0.3) is 0 Å². The Balaban J connectivity index is 1.61. The van der Waals surface area contributed by atoms with Gasteiger partial charge in [-0.3, -0.25) is 5.10 Å². The van der Waals surface area contributed by atoms with Gasteiger partial charge in [-0.15, -0.1) is 0 Å². The molecule has 0 unspecified atom stereocenters. The van der Waals surface area contributed by atoms with Crippen molar-refractivity contribution in [3.05, 3.63) is 61.9 Å². The molecule has 1 fully saturated rings. The first-order valence-electron chi connectivity index (χ1n) is 8.22. The maximum absolute atomic E-state index is 6.53. The number of benzene rings is 1. The quantitative estimate of drug-likeness (QED) is 0.498. The second-order valence-corrected chi connectivity index (χ2v) is 7.47. The number of hydrogen-bond acceptors (Lipinski definition) is 4. The van der Waals surface area contributed by atoms with Crippen LogP contribution in [-0.4, -0.2) is 30.9 Å². The Morgan fingerprint density at radius 3 is 2.73 bits per heavy atom. The number of H-pyrrole nitrogens is 1. The zero-order chi connectivity index (χ0) is 18.3. The van der Waals surface area contributed by atoms with Crippen molar-refractivity contribution in [3.63, 3.8) is 0 Å². The van der Waals surface area contributed by atoms with Crippen LogP contribution in [0.1, 0.15) is 41.4 Å². The minimum atomic E-state index is 0.435. The van der Waals surface area contributed by atoms with Crippen LogP contribution in [0.4, 0.5) is 0 Å². The maximum atomic E-state index is 6.53. The molecule has 134 valence electrons. The summed E-state index contributed by atoms with van der Waals surface area (Å²) in [5.41, 5.74) is 2.64. The van der Waals surface area contributed by atoms with E-state index in [0.717, 1.165) is 35.5 Å². The Hall–Kier alpha value is -1.96. The lowest BCUT2D eigenvalue weighted by molar-refractivity contribution is 0.680. The molecule has 0 aliphatic heterocycles. The first-order valence-corrected chi connectivity index (χ1v) is 9.38. The molecule has 1 aliphatic carbocycles. The molecule has 1 aliphatic rings. The highest BCUT2D eigenvalue weighted by atomic mass is 35.5. The van der Waals surface area contributed by atoms with E-state index in [1.54, 1.807) is 15.6 Å². The van der Waals surface area contributed by atoms with Crippen LogP contribution in [0.5, 0.6) is 0 Å². The highest BCUT2D eigenvalue weighted by molar-refractivity contribution is 7.71. The predicted octanol–water partition coefficient (Wildman–Crippen LogP) is 4.56. The molecule has 0 spiro atoms. The van der Waals surface area contributed by atoms with E-state index in [1.165, 1.54) is 0 Å². The van der Waals surface area contributed by atoms with E-state index in [-0.39, 0.29) is 0 Å². The Morgan fingerprint density at radius 2 is 2.04 bits per heavy atom. The van der Waals surface area contributed by atoms with Gasteiger partial charge in [0.15, 0.2) is 5.82 Å². The smallest absolute Gasteiger partial charge is 0.216 e. The second kappa shape index (κ2) is 6.98. The van der Waals surface area contributed by atoms with Crippen LogP contribution in [0.2, 0.25) is 10.2 Å². The summed E-state index contributed by atoms with van der Waals surface area (Å²) in [6.07, 6.45) is 3.93. The highest BCUT2D eigenvalue weighted by Crippen LogP contribution is 2.38. The van der Waals surface area contributed by atoms with Crippen molar-refractivity contribution in [2.75, 3.05) is 0 Å². The molecule has 1 N–H and O–H groups in total. The first kappa shape index (κ1) is 17.5. The lowest BCUT2D eigenvalue weighted by atomic mass is 10.2. The van der Waals surface area contributed by atoms with E-state index in [4.69, 9.17) is 35.4 Å². The fraction of sp³-hybridized carbons (Fsp3) is 0.294. The Kier molecular flexibility index (Phi) is 4.69. The number of nitrogens with one attached hydrogen (secondary N) is 1. The fourth-order valence-electron chi connectivity index (χ4n) is 2.72. The molecule has 26 heavy (non-hydrogen) atoms. The normalized spacial score (nSPS) is 14.4. The van der Waals surface area contributed by atoms with Crippen molar-refractivity contribution >= 4 is 41.6 Å². The first-order chi connectivity index (χ1) is 12.5. The molecule has 9 heteroatoms. The number of aryl methyl sites for hydroxylation is 1. The van der Waals surface area contributed by atoms with Gasteiger partial charge in [-0.1, -0.05) is 35.3 Å². The maximum Gasteiger partial charge on any atom is 0.216 e. The van der Waals surface area contributed by atoms with Gasteiger partial charge < -0.3 is 0 Å². The average Bonchev–Trinajstić information content (AvgIpc) is 3.34. The summed E-state index contributed by atoms with van der Waals surface area (Å²) in [5.74, 6) is 1.30. The molecule has 4 rings (SSSR count). The van der Waals surface area contributed by atoms with Gasteiger partial charge >= 0.3 is 0 Å². The minimum absolute atomic E-state index is 0.435. The Bertz CT molecular complexity index is 1030. The monoisotopic (exact) mass is 406 g/mol. The largest absolute Gasteiger partial charge is 0.250 e. The SMILES string of the molecule is Cc1nn(Cc2ccc(Cl)cc2)c(Cl)c1/C=N/n1c(C2CC2)n[nH]c1=S. The molecule has 0 amide bonds. The van der Waals surface area contributed by atoms with Crippen LogP contribution in [0.3, 0.4) is 0 Å². The van der Waals surface area contributed by atoms with E-state index in [9.17, 15) is 0 Å². The summed E-state index contributed by atoms with van der Waals surface area (Å²) < 4.78 is 3.89. The molecule has 2 aromatic heterocycles. The molecular weight excluding hydrogens is 391 g/mol. The van der Waals surface area contributed by atoms with Crippen LogP contribution in [-0.2, 0) is 6.54 Å². The van der Waals surface area contributed by atoms with Crippen LogP contribution in [0.15, 0.2) is 29.4 Å². The Morgan fingerprint density at radius 1 is 1.31 bits per heavy atom. The topological polar surface area (TPSA) is 63.8 Å². The van der Waals surface area contributed by atoms with Gasteiger partial charge in [-0.25, -0.2) is 4.68 Å². The van der Waals surface area contributed by atoms with Gasteiger partial charge in [-0.2, -0.15) is 20.0 Å². The number of hydrogen-bond donors (Lipinski definition) is 1. The molecule has 0 bridgehead atoms. The van der Waals surface area contributed by atoms with Gasteiger partial charge in [0.2, 0.25) is 4.77 Å². The lowest BCUT2D eigenvalue weighted by Crippen LogP contribution is -2.02. The van der Waals surface area contributed by atoms with Crippen molar-refractivity contribution < 1.29 is 0 Å². The molecular formula is C17H16Cl2N6S. The number of nitrogens with zero attached hydrogens (tertiary/aromatic N) is 5. The number of halogens is 2. The summed E-state index contributed by atoms with van der Waals surface area (Å²) in [6, 6.07) is 7.61. The summed E-state index contributed by atoms with van der Waals surface area (Å²) in [7, 11) is 0. The third kappa shape index (κ3) is 3.47. The third-order valence-electron chi connectivity index (χ3n) is 4.28. The van der Waals surface area contributed by atoms with Crippen molar-refractivity contribution in [2.24, 2.45) is 5.10 Å². The molecule has 0 saturated heterocycles. The van der Waals surface area contributed by atoms with Crippen molar-refractivity contribution in [3.8, 4) is 0 Å². The van der Waals surface area contributed by atoms with Crippen molar-refractivity contribution in [2.45, 2.75) is 32.2 Å². The van der Waals surface area contributed by atoms with Crippen LogP contribution in [0, 0.1) is 11.7 Å². The zero-order valence-electron chi connectivity index (χ0n) is 14.0. The summed E-state index contributed by atoms with van der Waals surface area (Å²) >= 11 is 17.7. The van der Waals surface area contributed by atoms with Gasteiger partial charge in [-0.05, 0) is 49.7 Å². The number of aromatic amines is 1. The molecule has 3 aromatic rings. The lowest BCUT2D eigenvalue weighted by Gasteiger charge is -2.03. The molecule has 1 saturated carbocycles. The summed E-state index contributed by atoms with van der Waals surface area (Å²) in [5, 5.41) is 17.3. The predicted molar refractivity (Wildman–Crippen MR) is 105 cm³/mol. The molecule has 6 nitrogen and oxygen atoms in total. The minimum Gasteiger partial charge on any atom is -0.250 e. The van der Waals surface area contributed by atoms with Crippen LogP contribution >= 0.6 is 35.4 Å². The molecule has 0 atom stereocenters. The van der Waals surface area contributed by atoms with Gasteiger partial charge in [0, 0.05) is 10.9 Å². The van der Waals surface area contributed by atoms with Crippen molar-refractivity contribution in [1.82, 2.24) is 24.7 Å².